The van der Waals surface area contributed by atoms with E-state index in [1.54, 1.807) is 0 Å². The average molecular weight is 202 g/mol. The smallest absolute Gasteiger partial charge is 0.332 e. The minimum Gasteiger partial charge on any atom is -0.499 e. The number of hydrogen-bond acceptors (Lipinski definition) is 3. The fraction of sp³-hybridized carbons (Fsp3) is 0.700. The number of carboxylic acids is 1. The summed E-state index contributed by atoms with van der Waals surface area (Å²) in [5, 5.41) is 8.77. The third-order valence-corrected chi connectivity index (χ3v) is 1.73. The third kappa shape index (κ3) is 6.48. The zero-order chi connectivity index (χ0) is 10.8. The summed E-state index contributed by atoms with van der Waals surface area (Å²) in [6.07, 6.45) is 2.99. The third-order valence-electron chi connectivity index (χ3n) is 1.73. The number of carboxylic acid groups (broad SMARTS) is 1. The highest BCUT2D eigenvalue weighted by Gasteiger charge is 2.16. The first-order chi connectivity index (χ1) is 6.72. The second-order valence-corrected chi connectivity index (χ2v) is 2.88. The number of rotatable bonds is 9. The van der Waals surface area contributed by atoms with E-state index in [1.807, 2.05) is 6.92 Å². The van der Waals surface area contributed by atoms with Gasteiger partial charge in [-0.1, -0.05) is 26.3 Å². The maximum atomic E-state index is 10.7. The van der Waals surface area contributed by atoms with E-state index in [0.717, 1.165) is 12.8 Å². The normalized spacial score (nSPS) is 12.1. The summed E-state index contributed by atoms with van der Waals surface area (Å²) in [5.41, 5.74) is 0. The Balaban J connectivity index is 3.62. The van der Waals surface area contributed by atoms with E-state index in [0.29, 0.717) is 13.0 Å². The minimum absolute atomic E-state index is 0.284. The van der Waals surface area contributed by atoms with Crippen molar-refractivity contribution >= 4 is 5.97 Å². The van der Waals surface area contributed by atoms with Crippen molar-refractivity contribution in [2.45, 2.75) is 32.3 Å². The van der Waals surface area contributed by atoms with Crippen LogP contribution in [-0.4, -0.2) is 30.4 Å². The Morgan fingerprint density at radius 1 is 1.57 bits per heavy atom. The maximum Gasteiger partial charge on any atom is 0.332 e. The van der Waals surface area contributed by atoms with E-state index in [4.69, 9.17) is 14.6 Å². The molecule has 1 atom stereocenters. The monoisotopic (exact) mass is 202 g/mol. The van der Waals surface area contributed by atoms with E-state index in [9.17, 15) is 4.79 Å². The number of hydrogen-bond donors (Lipinski definition) is 1. The van der Waals surface area contributed by atoms with Crippen molar-refractivity contribution in [1.82, 2.24) is 0 Å². The molecule has 0 aliphatic rings. The van der Waals surface area contributed by atoms with E-state index >= 15 is 0 Å². The lowest BCUT2D eigenvalue weighted by Crippen LogP contribution is -2.25. The second kappa shape index (κ2) is 8.56. The van der Waals surface area contributed by atoms with Crippen LogP contribution >= 0.6 is 0 Å². The van der Waals surface area contributed by atoms with Crippen molar-refractivity contribution in [3.63, 3.8) is 0 Å². The highest BCUT2D eigenvalue weighted by Crippen LogP contribution is 2.05. The summed E-state index contributed by atoms with van der Waals surface area (Å²) in [6.45, 7) is 6.01. The second-order valence-electron chi connectivity index (χ2n) is 2.88. The molecule has 1 N–H and O–H groups in total. The number of aliphatic carboxylic acids is 1. The van der Waals surface area contributed by atoms with Crippen molar-refractivity contribution in [3.05, 3.63) is 12.8 Å². The van der Waals surface area contributed by atoms with Gasteiger partial charge < -0.3 is 14.6 Å². The van der Waals surface area contributed by atoms with Crippen LogP contribution in [0.2, 0.25) is 0 Å². The zero-order valence-corrected chi connectivity index (χ0v) is 8.57. The molecule has 0 aromatic rings. The molecular formula is C10H18O4. The van der Waals surface area contributed by atoms with Gasteiger partial charge >= 0.3 is 5.97 Å². The standard InChI is InChI=1S/C10H18O4/c1-3-5-6-9(10(11)12)14-8-7-13-4-2/h4,9H,2-3,5-8H2,1H3,(H,11,12). The van der Waals surface area contributed by atoms with Crippen molar-refractivity contribution < 1.29 is 19.4 Å². The Morgan fingerprint density at radius 2 is 2.29 bits per heavy atom. The SMILES string of the molecule is C=COCCOC(CCCC)C(=O)O. The molecule has 0 bridgehead atoms. The molecule has 4 heteroatoms. The predicted octanol–water partition coefficient (Wildman–Crippen LogP) is 1.81. The molecule has 0 aromatic heterocycles. The molecule has 4 nitrogen and oxygen atoms in total. The van der Waals surface area contributed by atoms with E-state index in [-0.39, 0.29) is 6.61 Å². The van der Waals surface area contributed by atoms with Crippen LogP contribution in [0.25, 0.3) is 0 Å². The van der Waals surface area contributed by atoms with Gasteiger partial charge in [0.25, 0.3) is 0 Å². The Labute approximate surface area is 84.5 Å². The van der Waals surface area contributed by atoms with Crippen molar-refractivity contribution in [3.8, 4) is 0 Å². The van der Waals surface area contributed by atoms with Crippen molar-refractivity contribution in [1.29, 1.82) is 0 Å². The summed E-state index contributed by atoms with van der Waals surface area (Å²) >= 11 is 0. The lowest BCUT2D eigenvalue weighted by atomic mass is 10.1. The topological polar surface area (TPSA) is 55.8 Å². The van der Waals surface area contributed by atoms with Crippen molar-refractivity contribution in [2.75, 3.05) is 13.2 Å². The predicted molar refractivity (Wildman–Crippen MR) is 53.0 cm³/mol. The summed E-state index contributed by atoms with van der Waals surface area (Å²) in [7, 11) is 0. The van der Waals surface area contributed by atoms with Gasteiger partial charge in [0.1, 0.15) is 6.61 Å². The highest BCUT2D eigenvalue weighted by molar-refractivity contribution is 5.72. The average Bonchev–Trinajstić information content (AvgIpc) is 2.16. The molecule has 14 heavy (non-hydrogen) atoms. The molecule has 0 saturated heterocycles. The Morgan fingerprint density at radius 3 is 2.79 bits per heavy atom. The number of unbranched alkanes of at least 4 members (excludes halogenated alkanes) is 1. The summed E-state index contributed by atoms with van der Waals surface area (Å²) in [6, 6.07) is 0. The molecule has 0 aliphatic carbocycles. The molecule has 1 unspecified atom stereocenters. The molecule has 0 amide bonds. The first-order valence-electron chi connectivity index (χ1n) is 4.79. The Hall–Kier alpha value is -1.03. The molecule has 0 spiro atoms. The largest absolute Gasteiger partial charge is 0.499 e. The molecule has 0 rings (SSSR count). The Bertz CT molecular complexity index is 168. The van der Waals surface area contributed by atoms with Crippen LogP contribution in [0.4, 0.5) is 0 Å². The summed E-state index contributed by atoms with van der Waals surface area (Å²) < 4.78 is 9.95. The first kappa shape index (κ1) is 13.0. The fourth-order valence-electron chi connectivity index (χ4n) is 0.989. The van der Waals surface area contributed by atoms with Crippen LogP contribution in [0, 0.1) is 0 Å². The number of carbonyl (C=O) groups is 1. The van der Waals surface area contributed by atoms with Crippen LogP contribution < -0.4 is 0 Å². The fourth-order valence-corrected chi connectivity index (χ4v) is 0.989. The minimum atomic E-state index is -0.906. The lowest BCUT2D eigenvalue weighted by molar-refractivity contribution is -0.151. The van der Waals surface area contributed by atoms with E-state index in [2.05, 4.69) is 6.58 Å². The first-order valence-corrected chi connectivity index (χ1v) is 4.79. The van der Waals surface area contributed by atoms with Crippen LogP contribution in [-0.2, 0) is 14.3 Å². The molecule has 0 radical (unpaired) electrons. The maximum absolute atomic E-state index is 10.7. The highest BCUT2D eigenvalue weighted by atomic mass is 16.5. The van der Waals surface area contributed by atoms with Crippen LogP contribution in [0.3, 0.4) is 0 Å². The molecule has 82 valence electrons. The quantitative estimate of drug-likeness (QED) is 0.457. The lowest BCUT2D eigenvalue weighted by Gasteiger charge is -2.12. The van der Waals surface area contributed by atoms with Crippen LogP contribution in [0.15, 0.2) is 12.8 Å². The van der Waals surface area contributed by atoms with Gasteiger partial charge in [-0.2, -0.15) is 0 Å². The van der Waals surface area contributed by atoms with Crippen LogP contribution in [0.5, 0.6) is 0 Å². The van der Waals surface area contributed by atoms with E-state index in [1.165, 1.54) is 6.26 Å². The van der Waals surface area contributed by atoms with Gasteiger partial charge in [-0.25, -0.2) is 4.79 Å². The molecule has 0 aliphatic heterocycles. The van der Waals surface area contributed by atoms with Gasteiger partial charge in [0.05, 0.1) is 12.9 Å². The molecule has 0 aromatic carbocycles. The molecule has 0 saturated carbocycles. The molecule has 0 fully saturated rings. The van der Waals surface area contributed by atoms with Gasteiger partial charge in [0, 0.05) is 0 Å². The van der Waals surface area contributed by atoms with Crippen molar-refractivity contribution in [2.24, 2.45) is 0 Å². The van der Waals surface area contributed by atoms with Crippen LogP contribution in [0.1, 0.15) is 26.2 Å². The number of ether oxygens (including phenoxy) is 2. The van der Waals surface area contributed by atoms with E-state index < -0.39 is 12.1 Å². The summed E-state index contributed by atoms with van der Waals surface area (Å²) in [4.78, 5) is 10.7. The van der Waals surface area contributed by atoms with Gasteiger partial charge in [-0.05, 0) is 6.42 Å². The van der Waals surface area contributed by atoms with Gasteiger partial charge in [0.2, 0.25) is 0 Å². The molecule has 0 heterocycles. The molecular weight excluding hydrogens is 184 g/mol. The Kier molecular flexibility index (Phi) is 7.93. The van der Waals surface area contributed by atoms with Gasteiger partial charge in [-0.15, -0.1) is 0 Å². The zero-order valence-electron chi connectivity index (χ0n) is 8.57. The summed E-state index contributed by atoms with van der Waals surface area (Å²) in [5.74, 6) is -0.906. The van der Waals surface area contributed by atoms with Gasteiger partial charge in [-0.3, -0.25) is 0 Å². The van der Waals surface area contributed by atoms with Gasteiger partial charge in [0.15, 0.2) is 6.10 Å².